The fourth-order valence-corrected chi connectivity index (χ4v) is 13.0. The molecule has 8 aliphatic carbocycles. The smallest absolute Gasteiger partial charge is 0.0741 e. The van der Waals surface area contributed by atoms with E-state index in [1.54, 1.807) is 5.57 Å². The van der Waals surface area contributed by atoms with E-state index in [0.717, 1.165) is 53.1 Å². The molecule has 1 N–H and O–H groups in total. The normalized spacial score (nSPS) is 37.2. The van der Waals surface area contributed by atoms with Gasteiger partial charge in [0.25, 0.3) is 0 Å². The fraction of sp³-hybridized carbons (Fsp3) is 0.346. The zero-order valence-electron chi connectivity index (χ0n) is 31.3. The topological polar surface area (TPSA) is 37.8 Å². The number of hydrogen-bond donors (Lipinski definition) is 1. The summed E-state index contributed by atoms with van der Waals surface area (Å²) in [5.74, 6) is 7.19. The average Bonchev–Trinajstić information content (AvgIpc) is 4.05. The van der Waals surface area contributed by atoms with E-state index < -0.39 is 0 Å². The standard InChI is InChI=1S/C52H45N3/c1-27-45(33-20-21-52(26-34(52)22-33)51-36-7-3-2-6-35(36)46-39-23-31(39)15-18-43(46)55-51)37-8-4-5-9-42(37)53-49(27)28-10-12-29(13-11-28)50-38-17-14-30-24-40(30)47(38)48-41-25-32(41)16-19-44(48)54-50/h2-21,30-34,39-41,44,47-48,54H,22-26H2,1H3. The van der Waals surface area contributed by atoms with Gasteiger partial charge in [0.1, 0.15) is 0 Å². The lowest BCUT2D eigenvalue weighted by atomic mass is 9.68. The van der Waals surface area contributed by atoms with Crippen LogP contribution in [-0.2, 0) is 5.41 Å². The largest absolute Gasteiger partial charge is 0.378 e. The van der Waals surface area contributed by atoms with Crippen LogP contribution in [0.25, 0.3) is 44.7 Å². The van der Waals surface area contributed by atoms with Crippen LogP contribution in [0.3, 0.4) is 0 Å². The SMILES string of the molecule is Cc1c(-c2ccc(C3=C4C=CC5CC5C4C4C(C=CC5CC54)N3)cc2)nc2ccccc2c1C1C=CC2(c3nc4c(c5ccccc35)C3CC3C=C4)CC2C1. The van der Waals surface area contributed by atoms with Gasteiger partial charge in [-0.3, -0.25) is 4.98 Å². The predicted octanol–water partition coefficient (Wildman–Crippen LogP) is 11.2. The molecule has 0 spiro atoms. The van der Waals surface area contributed by atoms with Gasteiger partial charge in [-0.15, -0.1) is 0 Å². The highest BCUT2D eigenvalue weighted by atomic mass is 15.0. The van der Waals surface area contributed by atoms with E-state index in [2.05, 4.69) is 134 Å². The maximum absolute atomic E-state index is 5.51. The lowest BCUT2D eigenvalue weighted by molar-refractivity contribution is 0.234. The molecule has 4 saturated carbocycles. The lowest BCUT2D eigenvalue weighted by Crippen LogP contribution is -2.47. The van der Waals surface area contributed by atoms with E-state index in [1.807, 2.05) is 0 Å². The Bertz CT molecular complexity index is 2710. The Hall–Kier alpha value is -5.02. The van der Waals surface area contributed by atoms with Crippen LogP contribution in [0.15, 0.2) is 121 Å². The van der Waals surface area contributed by atoms with Crippen LogP contribution in [-0.4, -0.2) is 16.0 Å². The van der Waals surface area contributed by atoms with Crippen molar-refractivity contribution in [2.45, 2.75) is 62.3 Å². The van der Waals surface area contributed by atoms with Gasteiger partial charge in [-0.1, -0.05) is 109 Å². The van der Waals surface area contributed by atoms with Crippen molar-refractivity contribution in [3.63, 3.8) is 0 Å². The predicted molar refractivity (Wildman–Crippen MR) is 222 cm³/mol. The van der Waals surface area contributed by atoms with E-state index in [-0.39, 0.29) is 5.41 Å². The number of rotatable bonds is 4. The third-order valence-electron chi connectivity index (χ3n) is 16.1. The van der Waals surface area contributed by atoms with Gasteiger partial charge >= 0.3 is 0 Å². The van der Waals surface area contributed by atoms with Crippen LogP contribution in [0.1, 0.15) is 77.6 Å². The van der Waals surface area contributed by atoms with E-state index >= 15 is 0 Å². The molecule has 12 atom stereocenters. The van der Waals surface area contributed by atoms with Gasteiger partial charge in [0, 0.05) is 39.4 Å². The minimum Gasteiger partial charge on any atom is -0.378 e. The van der Waals surface area contributed by atoms with Crippen molar-refractivity contribution in [1.29, 1.82) is 0 Å². The summed E-state index contributed by atoms with van der Waals surface area (Å²) in [6.45, 7) is 2.33. The number of pyridine rings is 2. The first-order valence-electron chi connectivity index (χ1n) is 21.3. The van der Waals surface area contributed by atoms with Crippen LogP contribution in [0, 0.1) is 54.3 Å². The van der Waals surface area contributed by atoms with Crippen molar-refractivity contribution in [2.75, 3.05) is 0 Å². The molecule has 0 radical (unpaired) electrons. The Morgan fingerprint density at radius 1 is 0.673 bits per heavy atom. The molecule has 5 aromatic rings. The molecule has 4 fully saturated rings. The zero-order chi connectivity index (χ0) is 35.7. The Morgan fingerprint density at radius 2 is 1.45 bits per heavy atom. The van der Waals surface area contributed by atoms with Gasteiger partial charge in [0.2, 0.25) is 0 Å². The van der Waals surface area contributed by atoms with Crippen LogP contribution < -0.4 is 5.32 Å². The second-order valence-corrected chi connectivity index (χ2v) is 18.9. The minimum absolute atomic E-state index is 0.0400. The first-order chi connectivity index (χ1) is 27.1. The number of nitrogens with one attached hydrogen (secondary N) is 1. The monoisotopic (exact) mass is 711 g/mol. The molecule has 14 rings (SSSR count). The maximum Gasteiger partial charge on any atom is 0.0741 e. The molecule has 9 aliphatic rings. The van der Waals surface area contributed by atoms with Gasteiger partial charge in [0.15, 0.2) is 0 Å². The molecule has 2 aromatic heterocycles. The van der Waals surface area contributed by atoms with E-state index in [1.165, 1.54) is 86.7 Å². The van der Waals surface area contributed by atoms with Crippen molar-refractivity contribution in [3.05, 3.63) is 155 Å². The molecule has 268 valence electrons. The third-order valence-corrected chi connectivity index (χ3v) is 16.1. The summed E-state index contributed by atoms with van der Waals surface area (Å²) >= 11 is 0. The summed E-state index contributed by atoms with van der Waals surface area (Å²) in [4.78, 5) is 10.9. The zero-order valence-corrected chi connectivity index (χ0v) is 31.3. The van der Waals surface area contributed by atoms with Crippen molar-refractivity contribution in [1.82, 2.24) is 15.3 Å². The Kier molecular flexibility index (Phi) is 5.73. The molecule has 1 aliphatic heterocycles. The van der Waals surface area contributed by atoms with Crippen LogP contribution in [0.2, 0.25) is 0 Å². The number of para-hydroxylation sites is 1. The average molecular weight is 712 g/mol. The molecule has 3 aromatic carbocycles. The molecule has 0 bridgehead atoms. The Labute approximate surface area is 323 Å². The van der Waals surface area contributed by atoms with Crippen molar-refractivity contribution in [2.24, 2.45) is 47.3 Å². The maximum atomic E-state index is 5.51. The second-order valence-electron chi connectivity index (χ2n) is 18.9. The summed E-state index contributed by atoms with van der Waals surface area (Å²) in [5, 5.41) is 8.19. The van der Waals surface area contributed by atoms with Gasteiger partial charge in [-0.25, -0.2) is 4.98 Å². The molecular formula is C52H45N3. The Morgan fingerprint density at radius 3 is 2.35 bits per heavy atom. The molecule has 12 unspecified atom stereocenters. The van der Waals surface area contributed by atoms with Gasteiger partial charge in [-0.05, 0) is 138 Å². The number of hydrogen-bond acceptors (Lipinski definition) is 3. The quantitative estimate of drug-likeness (QED) is 0.189. The molecule has 0 saturated heterocycles. The third kappa shape index (κ3) is 4.17. The fourth-order valence-electron chi connectivity index (χ4n) is 13.0. The van der Waals surface area contributed by atoms with Crippen LogP contribution in [0.4, 0.5) is 0 Å². The molecular weight excluding hydrogens is 667 g/mol. The molecule has 55 heavy (non-hydrogen) atoms. The summed E-state index contributed by atoms with van der Waals surface area (Å²) < 4.78 is 0. The molecule has 3 heteroatoms. The highest BCUT2D eigenvalue weighted by Gasteiger charge is 2.59. The van der Waals surface area contributed by atoms with Crippen LogP contribution >= 0.6 is 0 Å². The summed E-state index contributed by atoms with van der Waals surface area (Å²) in [5.41, 5.74) is 14.5. The first kappa shape index (κ1) is 30.2. The number of fused-ring (bicyclic) bond motifs is 14. The second kappa shape index (κ2) is 10.4. The first-order valence-corrected chi connectivity index (χ1v) is 21.3. The number of nitrogens with zero attached hydrogens (tertiary/aromatic N) is 2. The highest BCUT2D eigenvalue weighted by molar-refractivity contribution is 5.93. The Balaban J connectivity index is 0.833. The molecule has 3 heterocycles. The van der Waals surface area contributed by atoms with Crippen molar-refractivity contribution in [3.8, 4) is 11.3 Å². The summed E-state index contributed by atoms with van der Waals surface area (Å²) in [6, 6.07) is 27.9. The van der Waals surface area contributed by atoms with Crippen molar-refractivity contribution >= 4 is 33.4 Å². The van der Waals surface area contributed by atoms with E-state index in [9.17, 15) is 0 Å². The molecule has 0 amide bonds. The van der Waals surface area contributed by atoms with E-state index in [0.29, 0.717) is 29.7 Å². The minimum atomic E-state index is 0.0400. The molecule has 3 nitrogen and oxygen atoms in total. The number of allylic oxidation sites excluding steroid dienone is 7. The number of benzene rings is 3. The van der Waals surface area contributed by atoms with Gasteiger partial charge in [-0.2, -0.15) is 0 Å². The summed E-state index contributed by atoms with van der Waals surface area (Å²) in [6.07, 6.45) is 26.3. The van der Waals surface area contributed by atoms with E-state index in [4.69, 9.17) is 9.97 Å². The van der Waals surface area contributed by atoms with Gasteiger partial charge < -0.3 is 5.32 Å². The van der Waals surface area contributed by atoms with Gasteiger partial charge in [0.05, 0.1) is 22.6 Å². The highest BCUT2D eigenvalue weighted by Crippen LogP contribution is 2.65. The lowest BCUT2D eigenvalue weighted by Gasteiger charge is -2.44. The van der Waals surface area contributed by atoms with Crippen LogP contribution in [0.5, 0.6) is 0 Å². The van der Waals surface area contributed by atoms with Crippen molar-refractivity contribution < 1.29 is 0 Å². The summed E-state index contributed by atoms with van der Waals surface area (Å²) in [7, 11) is 0. The number of aromatic nitrogens is 2.